The summed E-state index contributed by atoms with van der Waals surface area (Å²) in [6, 6.07) is 12.2. The van der Waals surface area contributed by atoms with Crippen LogP contribution in [0.5, 0.6) is 5.75 Å². The van der Waals surface area contributed by atoms with Gasteiger partial charge < -0.3 is 9.29 Å². The Balaban J connectivity index is 1.83. The quantitative estimate of drug-likeness (QED) is 0.826. The lowest BCUT2D eigenvalue weighted by Crippen LogP contribution is -2.16. The first-order chi connectivity index (χ1) is 10.6. The highest BCUT2D eigenvalue weighted by Crippen LogP contribution is 2.12. The van der Waals surface area contributed by atoms with Crippen molar-refractivity contribution in [2.45, 2.75) is 12.8 Å². The average molecular weight is 319 g/mol. The Morgan fingerprint density at radius 3 is 2.64 bits per heavy atom. The number of nitrogens with zero attached hydrogens (tertiary/aromatic N) is 1. The molecular formula is C15H15N2O4S-. The number of carbonyl (C=O) groups excluding carboxylic acids is 1. The van der Waals surface area contributed by atoms with Crippen LogP contribution >= 0.6 is 0 Å². The van der Waals surface area contributed by atoms with Crippen LogP contribution in [0.1, 0.15) is 12.1 Å². The van der Waals surface area contributed by atoms with E-state index in [0.717, 1.165) is 5.69 Å². The van der Waals surface area contributed by atoms with E-state index in [2.05, 4.69) is 10.3 Å². The lowest BCUT2D eigenvalue weighted by Gasteiger charge is -2.07. The lowest BCUT2D eigenvalue weighted by atomic mass is 10.2. The van der Waals surface area contributed by atoms with Gasteiger partial charge in [0.15, 0.2) is 0 Å². The molecule has 116 valence electrons. The van der Waals surface area contributed by atoms with Crippen molar-refractivity contribution in [1.82, 2.24) is 4.98 Å². The van der Waals surface area contributed by atoms with Gasteiger partial charge in [0.2, 0.25) is 0 Å². The maximum Gasteiger partial charge on any atom is 0.417 e. The van der Waals surface area contributed by atoms with Crippen LogP contribution in [0.4, 0.5) is 10.5 Å². The molecule has 0 aliphatic carbocycles. The van der Waals surface area contributed by atoms with E-state index < -0.39 is 17.2 Å². The third kappa shape index (κ3) is 5.63. The normalized spacial score (nSPS) is 11.7. The number of pyridine rings is 1. The third-order valence-corrected chi connectivity index (χ3v) is 3.39. The number of benzene rings is 1. The first kappa shape index (κ1) is 16.1. The Morgan fingerprint density at radius 1 is 1.23 bits per heavy atom. The molecule has 0 aliphatic heterocycles. The van der Waals surface area contributed by atoms with Crippen LogP contribution in [-0.2, 0) is 17.5 Å². The van der Waals surface area contributed by atoms with E-state index in [1.54, 1.807) is 36.4 Å². The SMILES string of the molecule is O=C(Nc1ccc(CCCS(=O)[O-])nc1)Oc1ccccc1. The number of amides is 1. The summed E-state index contributed by atoms with van der Waals surface area (Å²) in [7, 11) is 0. The fourth-order valence-corrected chi connectivity index (χ4v) is 2.14. The molecule has 6 nitrogen and oxygen atoms in total. The molecule has 0 radical (unpaired) electrons. The summed E-state index contributed by atoms with van der Waals surface area (Å²) in [6.07, 6.45) is 2.01. The molecule has 0 aliphatic rings. The summed E-state index contributed by atoms with van der Waals surface area (Å²) in [5.41, 5.74) is 1.28. The van der Waals surface area contributed by atoms with Crippen LogP contribution < -0.4 is 10.1 Å². The molecule has 1 aromatic carbocycles. The van der Waals surface area contributed by atoms with Gasteiger partial charge in [0.25, 0.3) is 0 Å². The van der Waals surface area contributed by atoms with Crippen LogP contribution in [0.2, 0.25) is 0 Å². The third-order valence-electron chi connectivity index (χ3n) is 2.77. The predicted molar refractivity (Wildman–Crippen MR) is 82.4 cm³/mol. The van der Waals surface area contributed by atoms with Gasteiger partial charge in [-0.05, 0) is 37.1 Å². The molecular weight excluding hydrogens is 304 g/mol. The van der Waals surface area contributed by atoms with Gasteiger partial charge in [-0.25, -0.2) is 4.79 Å². The highest BCUT2D eigenvalue weighted by atomic mass is 32.2. The molecule has 0 saturated carbocycles. The summed E-state index contributed by atoms with van der Waals surface area (Å²) >= 11 is -2.02. The van der Waals surface area contributed by atoms with E-state index in [1.807, 2.05) is 6.07 Å². The predicted octanol–water partition coefficient (Wildman–Crippen LogP) is 2.50. The summed E-state index contributed by atoms with van der Waals surface area (Å²) in [5.74, 6) is 0.570. The van der Waals surface area contributed by atoms with Crippen LogP contribution in [-0.4, -0.2) is 25.6 Å². The summed E-state index contributed by atoms with van der Waals surface area (Å²) in [5, 5.41) is 2.57. The van der Waals surface area contributed by atoms with E-state index in [-0.39, 0.29) is 5.75 Å². The zero-order chi connectivity index (χ0) is 15.8. The molecule has 1 N–H and O–H groups in total. The van der Waals surface area contributed by atoms with E-state index in [0.29, 0.717) is 24.3 Å². The lowest BCUT2D eigenvalue weighted by molar-refractivity contribution is 0.215. The molecule has 7 heteroatoms. The van der Waals surface area contributed by atoms with Crippen molar-refractivity contribution in [2.24, 2.45) is 0 Å². The summed E-state index contributed by atoms with van der Waals surface area (Å²) in [6.45, 7) is 0. The minimum Gasteiger partial charge on any atom is -0.772 e. The van der Waals surface area contributed by atoms with Crippen LogP contribution in [0.3, 0.4) is 0 Å². The van der Waals surface area contributed by atoms with Crippen LogP contribution in [0.25, 0.3) is 0 Å². The number of aryl methyl sites for hydroxylation is 1. The maximum atomic E-state index is 11.7. The van der Waals surface area contributed by atoms with E-state index in [4.69, 9.17) is 4.74 Å². The maximum absolute atomic E-state index is 11.7. The van der Waals surface area contributed by atoms with Crippen molar-refractivity contribution in [3.05, 3.63) is 54.4 Å². The zero-order valence-electron chi connectivity index (χ0n) is 11.7. The topological polar surface area (TPSA) is 91.4 Å². The summed E-state index contributed by atoms with van der Waals surface area (Å²) < 4.78 is 26.0. The molecule has 2 aromatic rings. The number of rotatable bonds is 6. The number of hydrogen-bond acceptors (Lipinski definition) is 5. The molecule has 0 fully saturated rings. The van der Waals surface area contributed by atoms with Crippen molar-refractivity contribution in [1.29, 1.82) is 0 Å². The van der Waals surface area contributed by atoms with Crippen molar-refractivity contribution < 1.29 is 18.3 Å². The Morgan fingerprint density at radius 2 is 2.00 bits per heavy atom. The van der Waals surface area contributed by atoms with Gasteiger partial charge in [-0.15, -0.1) is 0 Å². The van der Waals surface area contributed by atoms with Gasteiger partial charge >= 0.3 is 6.09 Å². The molecule has 22 heavy (non-hydrogen) atoms. The number of aromatic nitrogens is 1. The smallest absolute Gasteiger partial charge is 0.417 e. The monoisotopic (exact) mass is 319 g/mol. The molecule has 0 saturated heterocycles. The van der Waals surface area contributed by atoms with Gasteiger partial charge in [0, 0.05) is 11.4 Å². The average Bonchev–Trinajstić information content (AvgIpc) is 2.49. The molecule has 1 unspecified atom stereocenters. The number of anilines is 1. The molecule has 2 rings (SSSR count). The zero-order valence-corrected chi connectivity index (χ0v) is 12.5. The number of nitrogens with one attached hydrogen (secondary N) is 1. The number of para-hydroxylation sites is 1. The molecule has 1 amide bonds. The van der Waals surface area contributed by atoms with Crippen LogP contribution in [0.15, 0.2) is 48.7 Å². The number of carbonyl (C=O) groups is 1. The van der Waals surface area contributed by atoms with E-state index in [9.17, 15) is 13.6 Å². The van der Waals surface area contributed by atoms with Crippen LogP contribution in [0, 0.1) is 0 Å². The van der Waals surface area contributed by atoms with Gasteiger partial charge in [-0.1, -0.05) is 29.3 Å². The Bertz CT molecular complexity index is 632. The van der Waals surface area contributed by atoms with Crippen molar-refractivity contribution in [3.63, 3.8) is 0 Å². The van der Waals surface area contributed by atoms with E-state index in [1.165, 1.54) is 6.20 Å². The second-order valence-electron chi connectivity index (χ2n) is 4.48. The van der Waals surface area contributed by atoms with Gasteiger partial charge in [-0.3, -0.25) is 14.5 Å². The van der Waals surface area contributed by atoms with Crippen molar-refractivity contribution in [3.8, 4) is 5.75 Å². The fourth-order valence-electron chi connectivity index (χ4n) is 1.76. The molecule has 1 heterocycles. The number of hydrogen-bond donors (Lipinski definition) is 1. The van der Waals surface area contributed by atoms with Crippen molar-refractivity contribution >= 4 is 22.9 Å². The first-order valence-electron chi connectivity index (χ1n) is 6.68. The van der Waals surface area contributed by atoms with E-state index >= 15 is 0 Å². The van der Waals surface area contributed by atoms with Gasteiger partial charge in [0.1, 0.15) is 5.75 Å². The highest BCUT2D eigenvalue weighted by molar-refractivity contribution is 7.79. The molecule has 1 atom stereocenters. The number of ether oxygens (including phenoxy) is 1. The minimum atomic E-state index is -2.02. The second kappa shape index (κ2) is 8.26. The largest absolute Gasteiger partial charge is 0.772 e. The molecule has 0 bridgehead atoms. The second-order valence-corrected chi connectivity index (χ2v) is 5.49. The van der Waals surface area contributed by atoms with Gasteiger partial charge in [0.05, 0.1) is 11.9 Å². The standard InChI is InChI=1S/C15H16N2O4S/c18-15(21-14-6-2-1-3-7-14)17-13-9-8-12(16-11-13)5-4-10-22(19)20/h1-3,6-9,11H,4-5,10H2,(H,17,18)(H,19,20)/p-1. The molecule has 0 spiro atoms. The van der Waals surface area contributed by atoms with Crippen molar-refractivity contribution in [2.75, 3.05) is 11.1 Å². The Labute approximate surface area is 130 Å². The van der Waals surface area contributed by atoms with Gasteiger partial charge in [-0.2, -0.15) is 0 Å². The Kier molecular flexibility index (Phi) is 6.05. The summed E-state index contributed by atoms with van der Waals surface area (Å²) in [4.78, 5) is 15.8. The minimum absolute atomic E-state index is 0.116. The first-order valence-corrected chi connectivity index (χ1v) is 7.92. The Hall–Kier alpha value is -2.25. The fraction of sp³-hybridized carbons (Fsp3) is 0.200. The molecule has 1 aromatic heterocycles. The highest BCUT2D eigenvalue weighted by Gasteiger charge is 2.05.